The first-order valence-electron chi connectivity index (χ1n) is 12.9. The molecule has 1 atom stereocenters. The van der Waals surface area contributed by atoms with Gasteiger partial charge in [0.2, 0.25) is 5.91 Å². The molecule has 0 bridgehead atoms. The van der Waals surface area contributed by atoms with E-state index in [1.807, 2.05) is 71.1 Å². The minimum Gasteiger partial charge on any atom is -0.494 e. The van der Waals surface area contributed by atoms with E-state index in [2.05, 4.69) is 22.9 Å². The van der Waals surface area contributed by atoms with Crippen LogP contribution in [0.1, 0.15) is 38.7 Å². The van der Waals surface area contributed by atoms with Crippen molar-refractivity contribution in [2.45, 2.75) is 45.7 Å². The van der Waals surface area contributed by atoms with Gasteiger partial charge in [-0.2, -0.15) is 0 Å². The summed E-state index contributed by atoms with van der Waals surface area (Å²) in [5, 5.41) is 1.36. The number of benzene rings is 2. The van der Waals surface area contributed by atoms with Crippen LogP contribution in [0.15, 0.2) is 58.8 Å². The largest absolute Gasteiger partial charge is 0.494 e. The van der Waals surface area contributed by atoms with Gasteiger partial charge >= 0.3 is 0 Å². The number of piperidine rings is 1. The number of likely N-dealkylation sites (N-methyl/N-ethyl adjacent to an activating group) is 1. The van der Waals surface area contributed by atoms with Crippen LogP contribution in [0, 0.1) is 0 Å². The first-order valence-corrected chi connectivity index (χ1v) is 14.1. The first-order chi connectivity index (χ1) is 18.3. The fourth-order valence-corrected chi connectivity index (χ4v) is 5.89. The Morgan fingerprint density at radius 1 is 1.18 bits per heavy atom. The van der Waals surface area contributed by atoms with Crippen molar-refractivity contribution in [3.63, 3.8) is 0 Å². The van der Waals surface area contributed by atoms with Crippen molar-refractivity contribution in [2.75, 3.05) is 25.1 Å². The third-order valence-corrected chi connectivity index (χ3v) is 8.21. The molecule has 0 saturated carbocycles. The van der Waals surface area contributed by atoms with Crippen LogP contribution in [-0.2, 0) is 16.1 Å². The molecule has 3 aromatic rings. The van der Waals surface area contributed by atoms with Gasteiger partial charge in [-0.15, -0.1) is 0 Å². The maximum Gasteiger partial charge on any atom is 0.281 e. The van der Waals surface area contributed by atoms with E-state index in [0.717, 1.165) is 46.1 Å². The van der Waals surface area contributed by atoms with E-state index < -0.39 is 0 Å². The molecule has 5 rings (SSSR count). The van der Waals surface area contributed by atoms with Crippen LogP contribution < -0.4 is 9.64 Å². The lowest BCUT2D eigenvalue weighted by Gasteiger charge is -2.33. The molecule has 7 nitrogen and oxygen atoms in total. The van der Waals surface area contributed by atoms with E-state index in [9.17, 15) is 9.59 Å². The molecule has 2 saturated heterocycles. The zero-order chi connectivity index (χ0) is 27.0. The van der Waals surface area contributed by atoms with Gasteiger partial charge in [-0.3, -0.25) is 14.5 Å². The molecule has 38 heavy (non-hydrogen) atoms. The third-order valence-electron chi connectivity index (χ3n) is 7.26. The van der Waals surface area contributed by atoms with Gasteiger partial charge < -0.3 is 19.1 Å². The van der Waals surface area contributed by atoms with Crippen LogP contribution in [0.25, 0.3) is 17.0 Å². The molecule has 1 aromatic heterocycles. The summed E-state index contributed by atoms with van der Waals surface area (Å²) in [5.41, 5.74) is 2.95. The van der Waals surface area contributed by atoms with Gasteiger partial charge in [0.15, 0.2) is 5.11 Å². The van der Waals surface area contributed by atoms with Crippen LogP contribution >= 0.6 is 28.1 Å². The second kappa shape index (κ2) is 10.9. The van der Waals surface area contributed by atoms with Crippen LogP contribution in [0.5, 0.6) is 5.75 Å². The number of amides is 2. The quantitative estimate of drug-likeness (QED) is 0.266. The maximum absolute atomic E-state index is 13.6. The topological polar surface area (TPSA) is 58.0 Å². The minimum absolute atomic E-state index is 0.119. The normalized spacial score (nSPS) is 19.2. The predicted octanol–water partition coefficient (Wildman–Crippen LogP) is 5.81. The Kier molecular flexibility index (Phi) is 7.59. The van der Waals surface area contributed by atoms with Crippen molar-refractivity contribution in [2.24, 2.45) is 0 Å². The second-order valence-electron chi connectivity index (χ2n) is 9.74. The van der Waals surface area contributed by atoms with Crippen molar-refractivity contribution < 1.29 is 14.3 Å². The lowest BCUT2D eigenvalue weighted by atomic mass is 10.0. The van der Waals surface area contributed by atoms with Gasteiger partial charge in [-0.25, -0.2) is 0 Å². The van der Waals surface area contributed by atoms with Gasteiger partial charge in [0.1, 0.15) is 18.0 Å². The number of thiocarbonyl (C=S) groups is 1. The summed E-state index contributed by atoms with van der Waals surface area (Å²) >= 11 is 9.24. The van der Waals surface area contributed by atoms with E-state index in [1.54, 1.807) is 11.9 Å². The number of halogens is 1. The summed E-state index contributed by atoms with van der Waals surface area (Å²) in [6.07, 6.45) is 7.08. The molecule has 2 amide bonds. The van der Waals surface area contributed by atoms with Crippen molar-refractivity contribution in [3.8, 4) is 5.75 Å². The Balaban J connectivity index is 1.48. The molecule has 3 heterocycles. The molecule has 2 aliphatic rings. The molecule has 198 valence electrons. The van der Waals surface area contributed by atoms with Gasteiger partial charge in [-0.05, 0) is 93.9 Å². The molecule has 0 N–H and O–H groups in total. The molecule has 0 radical (unpaired) electrons. The number of hydrogen-bond donors (Lipinski definition) is 0. The highest BCUT2D eigenvalue weighted by molar-refractivity contribution is 9.10. The average Bonchev–Trinajstić information content (AvgIpc) is 3.33. The summed E-state index contributed by atoms with van der Waals surface area (Å²) in [4.78, 5) is 32.1. The highest BCUT2D eigenvalue weighted by atomic mass is 79.9. The molecule has 0 aliphatic carbocycles. The summed E-state index contributed by atoms with van der Waals surface area (Å²) < 4.78 is 8.44. The highest BCUT2D eigenvalue weighted by Crippen LogP contribution is 2.32. The van der Waals surface area contributed by atoms with Gasteiger partial charge in [0.25, 0.3) is 5.91 Å². The minimum atomic E-state index is -0.198. The fraction of sp³-hybridized carbons (Fsp3) is 0.345. The van der Waals surface area contributed by atoms with Crippen molar-refractivity contribution in [3.05, 3.63) is 64.4 Å². The average molecular weight is 596 g/mol. The Morgan fingerprint density at radius 3 is 2.66 bits per heavy atom. The molecule has 2 aromatic carbocycles. The first kappa shape index (κ1) is 26.4. The summed E-state index contributed by atoms with van der Waals surface area (Å²) in [6, 6.07) is 13.6. The zero-order valence-corrected chi connectivity index (χ0v) is 24.2. The molecule has 2 fully saturated rings. The summed E-state index contributed by atoms with van der Waals surface area (Å²) in [7, 11) is 1.80. The Labute approximate surface area is 236 Å². The van der Waals surface area contributed by atoms with Gasteiger partial charge in [0.05, 0.1) is 12.3 Å². The summed E-state index contributed by atoms with van der Waals surface area (Å²) in [5.74, 6) is 0.661. The molecular formula is C29H31BrN4O3S. The van der Waals surface area contributed by atoms with E-state index in [0.29, 0.717) is 23.1 Å². The number of hydrogen-bond acceptors (Lipinski definition) is 4. The number of nitrogens with zero attached hydrogens (tertiary/aromatic N) is 4. The standard InChI is InChI=1S/C29H31BrN4O3S/c1-4-37-23-11-9-22(10-12-23)34-28(36)26(31(3)29(34)38)15-20-17-32(25-13-8-21(30)16-24(20)25)18-27(35)33-14-6-5-7-19(33)2/h8-13,15-17,19H,4-7,14,18H2,1-3H3/b26-15-/t19-/m0/s1. The third kappa shape index (κ3) is 4.97. The van der Waals surface area contributed by atoms with Crippen LogP contribution in [-0.4, -0.2) is 57.5 Å². The number of anilines is 1. The van der Waals surface area contributed by atoms with Gasteiger partial charge in [0, 0.05) is 46.8 Å². The lowest BCUT2D eigenvalue weighted by Crippen LogP contribution is -2.43. The van der Waals surface area contributed by atoms with Crippen LogP contribution in [0.3, 0.4) is 0 Å². The lowest BCUT2D eigenvalue weighted by molar-refractivity contribution is -0.135. The molecule has 9 heteroatoms. The predicted molar refractivity (Wildman–Crippen MR) is 158 cm³/mol. The van der Waals surface area contributed by atoms with E-state index in [-0.39, 0.29) is 24.4 Å². The van der Waals surface area contributed by atoms with Crippen molar-refractivity contribution >= 4 is 67.7 Å². The summed E-state index contributed by atoms with van der Waals surface area (Å²) in [6.45, 7) is 5.69. The van der Waals surface area contributed by atoms with Crippen molar-refractivity contribution in [1.29, 1.82) is 0 Å². The highest BCUT2D eigenvalue weighted by Gasteiger charge is 2.37. The SMILES string of the molecule is CCOc1ccc(N2C(=O)/C(=C/c3cn(CC(=O)N4CCCC[C@@H]4C)c4ccc(Br)cc34)N(C)C2=S)cc1. The number of aromatic nitrogens is 1. The zero-order valence-electron chi connectivity index (χ0n) is 21.8. The van der Waals surface area contributed by atoms with Gasteiger partial charge in [-0.1, -0.05) is 15.9 Å². The second-order valence-corrected chi connectivity index (χ2v) is 11.0. The molecular weight excluding hydrogens is 564 g/mol. The van der Waals surface area contributed by atoms with E-state index in [4.69, 9.17) is 17.0 Å². The Morgan fingerprint density at radius 2 is 1.95 bits per heavy atom. The number of ether oxygens (including phenoxy) is 1. The molecule has 2 aliphatic heterocycles. The number of fused-ring (bicyclic) bond motifs is 1. The number of rotatable bonds is 6. The number of carbonyl (C=O) groups is 2. The van der Waals surface area contributed by atoms with E-state index >= 15 is 0 Å². The molecule has 0 spiro atoms. The van der Waals surface area contributed by atoms with Crippen LogP contribution in [0.4, 0.5) is 5.69 Å². The molecule has 0 unspecified atom stereocenters. The van der Waals surface area contributed by atoms with Crippen molar-refractivity contribution in [1.82, 2.24) is 14.4 Å². The maximum atomic E-state index is 13.6. The number of carbonyl (C=O) groups excluding carboxylic acids is 2. The van der Waals surface area contributed by atoms with E-state index in [1.165, 1.54) is 11.3 Å². The monoisotopic (exact) mass is 594 g/mol. The fourth-order valence-electron chi connectivity index (χ4n) is 5.24. The van der Waals surface area contributed by atoms with Crippen LogP contribution in [0.2, 0.25) is 0 Å². The Hall–Kier alpha value is -3.17. The Bertz CT molecular complexity index is 1430. The number of likely N-dealkylation sites (tertiary alicyclic amines) is 1. The smallest absolute Gasteiger partial charge is 0.281 e.